The monoisotopic (exact) mass is 541 g/mol. The minimum absolute atomic E-state index is 0.0463. The maximum atomic E-state index is 12.4. The van der Waals surface area contributed by atoms with E-state index < -0.39 is 5.41 Å². The molecule has 0 aliphatic rings. The Kier molecular flexibility index (Phi) is 12.2. The van der Waals surface area contributed by atoms with Crippen LogP contribution in [-0.2, 0) is 22.5 Å². The maximum absolute atomic E-state index is 12.4. The van der Waals surface area contributed by atoms with Gasteiger partial charge in [-0.25, -0.2) is 0 Å². The second-order valence-electron chi connectivity index (χ2n) is 10.2. The van der Waals surface area contributed by atoms with Gasteiger partial charge in [0.1, 0.15) is 0 Å². The van der Waals surface area contributed by atoms with Crippen LogP contribution < -0.4 is 20.1 Å². The molecule has 0 fully saturated rings. The average Bonchev–Trinajstić information content (AvgIpc) is 2.88. The lowest BCUT2D eigenvalue weighted by atomic mass is 9.96. The molecule has 0 aliphatic heterocycles. The largest absolute Gasteiger partial charge is 0.493 e. The number of benzene rings is 2. The molecule has 0 saturated heterocycles. The normalized spacial score (nSPS) is 11.6. The van der Waals surface area contributed by atoms with Gasteiger partial charge in [-0.2, -0.15) is 0 Å². The van der Waals surface area contributed by atoms with Crippen molar-refractivity contribution in [3.8, 4) is 11.5 Å². The lowest BCUT2D eigenvalue weighted by molar-refractivity contribution is -0.154. The highest BCUT2D eigenvalue weighted by Gasteiger charge is 2.24. The van der Waals surface area contributed by atoms with Crippen molar-refractivity contribution in [2.75, 3.05) is 33.4 Å². The number of carbonyl (C=O) groups excluding carboxylic acids is 1. The molecule has 0 spiro atoms. The minimum atomic E-state index is -0.554. The fourth-order valence-corrected chi connectivity index (χ4v) is 3.68. The van der Waals surface area contributed by atoms with E-state index in [0.717, 1.165) is 12.0 Å². The molecule has 10 heteroatoms. The summed E-state index contributed by atoms with van der Waals surface area (Å²) in [4.78, 5) is 15.1. The third kappa shape index (κ3) is 10.5. The van der Waals surface area contributed by atoms with E-state index in [1.807, 2.05) is 39.0 Å². The number of methoxy groups -OCH3 is 1. The standard InChI is InChI=1S/C28H39N5O4S/c1-19-7-8-21(13-20(19)2)14-23(18-37-26(34)28(3,4)5)17-31-27(38)30-16-22-9-10-24(25(15-22)35-6)36-12-11-32-33-29/h7-10,13,15,23H,11-12,14,16-18H2,1-6H3,(H2,30,31,38). The van der Waals surface area contributed by atoms with Gasteiger partial charge in [0.2, 0.25) is 0 Å². The maximum Gasteiger partial charge on any atom is 0.311 e. The van der Waals surface area contributed by atoms with E-state index in [9.17, 15) is 4.79 Å². The van der Waals surface area contributed by atoms with Crippen molar-refractivity contribution in [3.05, 3.63) is 69.1 Å². The van der Waals surface area contributed by atoms with Crippen molar-refractivity contribution in [2.24, 2.45) is 16.4 Å². The molecule has 0 amide bonds. The number of carbonyl (C=O) groups is 1. The Hall–Kier alpha value is -3.49. The molecule has 0 bridgehead atoms. The number of azide groups is 1. The molecular formula is C28H39N5O4S. The van der Waals surface area contributed by atoms with Crippen LogP contribution in [-0.4, -0.2) is 44.5 Å². The van der Waals surface area contributed by atoms with Crippen LogP contribution in [0.5, 0.6) is 11.5 Å². The Bertz CT molecular complexity index is 1140. The molecule has 2 N–H and O–H groups in total. The van der Waals surface area contributed by atoms with Gasteiger partial charge >= 0.3 is 5.97 Å². The van der Waals surface area contributed by atoms with Crippen LogP contribution in [0.4, 0.5) is 0 Å². The summed E-state index contributed by atoms with van der Waals surface area (Å²) in [7, 11) is 1.57. The Morgan fingerprint density at radius 1 is 1.08 bits per heavy atom. The highest BCUT2D eigenvalue weighted by Crippen LogP contribution is 2.28. The second-order valence-corrected chi connectivity index (χ2v) is 10.6. The Morgan fingerprint density at radius 3 is 2.47 bits per heavy atom. The summed E-state index contributed by atoms with van der Waals surface area (Å²) >= 11 is 5.51. The Labute approximate surface area is 230 Å². The fourth-order valence-electron chi connectivity index (χ4n) is 3.53. The van der Waals surface area contributed by atoms with Crippen molar-refractivity contribution in [2.45, 2.75) is 47.6 Å². The topological polar surface area (TPSA) is 118 Å². The quantitative estimate of drug-likeness (QED) is 0.0869. The number of nitrogens with one attached hydrogen (secondary N) is 2. The number of rotatable bonds is 13. The molecule has 206 valence electrons. The van der Waals surface area contributed by atoms with E-state index in [0.29, 0.717) is 36.3 Å². The summed E-state index contributed by atoms with van der Waals surface area (Å²) < 4.78 is 16.7. The van der Waals surface area contributed by atoms with Gasteiger partial charge in [0.15, 0.2) is 16.6 Å². The number of nitrogens with zero attached hydrogens (tertiary/aromatic N) is 3. The first kappa shape index (κ1) is 30.7. The van der Waals surface area contributed by atoms with Crippen molar-refractivity contribution < 1.29 is 19.0 Å². The molecule has 0 aliphatic carbocycles. The lowest BCUT2D eigenvalue weighted by Crippen LogP contribution is -2.39. The molecule has 2 aromatic carbocycles. The van der Waals surface area contributed by atoms with Crippen LogP contribution in [0.15, 0.2) is 41.5 Å². The summed E-state index contributed by atoms with van der Waals surface area (Å²) in [6.45, 7) is 11.6. The van der Waals surface area contributed by atoms with Crippen LogP contribution in [0, 0.1) is 25.2 Å². The summed E-state index contributed by atoms with van der Waals surface area (Å²) in [6, 6.07) is 12.0. The summed E-state index contributed by atoms with van der Waals surface area (Å²) in [5, 5.41) is 10.5. The number of ether oxygens (including phenoxy) is 3. The van der Waals surface area contributed by atoms with Crippen LogP contribution in [0.25, 0.3) is 10.4 Å². The minimum Gasteiger partial charge on any atom is -0.493 e. The molecule has 2 aromatic rings. The zero-order valence-electron chi connectivity index (χ0n) is 23.2. The zero-order chi connectivity index (χ0) is 28.1. The van der Waals surface area contributed by atoms with Crippen molar-refractivity contribution >= 4 is 23.3 Å². The number of esters is 1. The van der Waals surface area contributed by atoms with Crippen LogP contribution >= 0.6 is 12.2 Å². The highest BCUT2D eigenvalue weighted by atomic mass is 32.1. The molecule has 1 unspecified atom stereocenters. The van der Waals surface area contributed by atoms with Crippen molar-refractivity contribution in [1.82, 2.24) is 10.6 Å². The highest BCUT2D eigenvalue weighted by molar-refractivity contribution is 7.80. The molecule has 0 radical (unpaired) electrons. The number of thiocarbonyl (C=S) groups is 1. The smallest absolute Gasteiger partial charge is 0.311 e. The van der Waals surface area contributed by atoms with Crippen molar-refractivity contribution in [1.29, 1.82) is 0 Å². The summed E-state index contributed by atoms with van der Waals surface area (Å²) in [6.07, 6.45) is 0.756. The van der Waals surface area contributed by atoms with Gasteiger partial charge in [-0.05, 0) is 93.2 Å². The zero-order valence-corrected chi connectivity index (χ0v) is 24.0. The first-order valence-electron chi connectivity index (χ1n) is 12.6. The van der Waals surface area contributed by atoms with E-state index in [2.05, 4.69) is 52.7 Å². The van der Waals surface area contributed by atoms with Gasteiger partial charge in [0.05, 0.1) is 32.3 Å². The van der Waals surface area contributed by atoms with Crippen LogP contribution in [0.3, 0.4) is 0 Å². The molecule has 2 rings (SSSR count). The predicted octanol–water partition coefficient (Wildman–Crippen LogP) is 5.41. The molecule has 9 nitrogen and oxygen atoms in total. The van der Waals surface area contributed by atoms with Gasteiger partial charge in [-0.15, -0.1) is 0 Å². The second kappa shape index (κ2) is 15.1. The van der Waals surface area contributed by atoms with E-state index in [1.165, 1.54) is 16.7 Å². The Balaban J connectivity index is 1.95. The Morgan fingerprint density at radius 2 is 1.82 bits per heavy atom. The molecule has 0 saturated carbocycles. The average molecular weight is 542 g/mol. The third-order valence-electron chi connectivity index (χ3n) is 5.90. The summed E-state index contributed by atoms with van der Waals surface area (Å²) in [5.41, 5.74) is 12.5. The lowest BCUT2D eigenvalue weighted by Gasteiger charge is -2.22. The van der Waals surface area contributed by atoms with Crippen LogP contribution in [0.1, 0.15) is 43.0 Å². The third-order valence-corrected chi connectivity index (χ3v) is 6.19. The molecule has 1 atom stereocenters. The number of hydrogen-bond donors (Lipinski definition) is 2. The molecule has 38 heavy (non-hydrogen) atoms. The van der Waals surface area contributed by atoms with E-state index >= 15 is 0 Å². The van der Waals surface area contributed by atoms with Crippen molar-refractivity contribution in [3.63, 3.8) is 0 Å². The molecular weight excluding hydrogens is 502 g/mol. The molecule has 0 aromatic heterocycles. The van der Waals surface area contributed by atoms with Gasteiger partial charge in [-0.3, -0.25) is 4.79 Å². The number of aryl methyl sites for hydroxylation is 2. The number of hydrogen-bond acceptors (Lipinski definition) is 6. The summed E-state index contributed by atoms with van der Waals surface area (Å²) in [5.74, 6) is 0.981. The van der Waals surface area contributed by atoms with Gasteiger partial charge in [0, 0.05) is 23.9 Å². The van der Waals surface area contributed by atoms with E-state index in [1.54, 1.807) is 7.11 Å². The van der Waals surface area contributed by atoms with Gasteiger partial charge in [-0.1, -0.05) is 29.4 Å². The first-order valence-corrected chi connectivity index (χ1v) is 13.0. The molecule has 0 heterocycles. The SMILES string of the molecule is COc1cc(CNC(=S)NCC(COC(=O)C(C)(C)C)Cc2ccc(C)c(C)c2)ccc1OCCN=[N+]=[N-]. The van der Waals surface area contributed by atoms with E-state index in [4.69, 9.17) is 32.0 Å². The van der Waals surface area contributed by atoms with E-state index in [-0.39, 0.29) is 25.0 Å². The first-order chi connectivity index (χ1) is 18.0. The van der Waals surface area contributed by atoms with Gasteiger partial charge in [0.25, 0.3) is 0 Å². The van der Waals surface area contributed by atoms with Gasteiger partial charge < -0.3 is 24.8 Å². The van der Waals surface area contributed by atoms with Crippen LogP contribution in [0.2, 0.25) is 0 Å². The fraction of sp³-hybridized carbons (Fsp3) is 0.500. The predicted molar refractivity (Wildman–Crippen MR) is 153 cm³/mol.